The van der Waals surface area contributed by atoms with Crippen LogP contribution in [-0.2, 0) is 16.4 Å². The standard InChI is InChI=1S/C19H21N5O4S/c1-27-16-9-11(7-13-10-23-19(21)24-18(13)20)8-15(17(16)28-2)12-3-5-14(6-4-12)29(22,25)26/h3-6,8-10H,7H2,1-2H3,(H2,22,25,26)(H4,20,21,23,24). The molecule has 29 heavy (non-hydrogen) atoms. The Balaban J connectivity index is 2.09. The Labute approximate surface area is 168 Å². The van der Waals surface area contributed by atoms with E-state index >= 15 is 0 Å². The van der Waals surface area contributed by atoms with Crippen LogP contribution >= 0.6 is 0 Å². The number of anilines is 2. The number of methoxy groups -OCH3 is 2. The zero-order chi connectivity index (χ0) is 21.2. The van der Waals surface area contributed by atoms with Gasteiger partial charge in [-0.1, -0.05) is 12.1 Å². The zero-order valence-corrected chi connectivity index (χ0v) is 16.7. The zero-order valence-electron chi connectivity index (χ0n) is 15.9. The van der Waals surface area contributed by atoms with Gasteiger partial charge >= 0.3 is 0 Å². The number of sulfonamides is 1. The normalized spacial score (nSPS) is 11.3. The highest BCUT2D eigenvalue weighted by atomic mass is 32.2. The molecule has 0 aliphatic rings. The summed E-state index contributed by atoms with van der Waals surface area (Å²) in [5.41, 5.74) is 14.5. The Morgan fingerprint density at radius 3 is 2.28 bits per heavy atom. The Morgan fingerprint density at radius 2 is 1.72 bits per heavy atom. The van der Waals surface area contributed by atoms with Crippen LogP contribution in [0.4, 0.5) is 11.8 Å². The summed E-state index contributed by atoms with van der Waals surface area (Å²) in [7, 11) is -0.710. The van der Waals surface area contributed by atoms with E-state index in [4.69, 9.17) is 26.1 Å². The summed E-state index contributed by atoms with van der Waals surface area (Å²) >= 11 is 0. The summed E-state index contributed by atoms with van der Waals surface area (Å²) in [4.78, 5) is 7.99. The van der Waals surface area contributed by atoms with E-state index < -0.39 is 10.0 Å². The predicted octanol–water partition coefficient (Wildman–Crippen LogP) is 1.56. The first-order valence-electron chi connectivity index (χ1n) is 8.48. The van der Waals surface area contributed by atoms with E-state index in [1.807, 2.05) is 12.1 Å². The molecular weight excluding hydrogens is 394 g/mol. The number of nitrogens with two attached hydrogens (primary N) is 3. The maximum atomic E-state index is 11.5. The number of nitrogens with zero attached hydrogens (tertiary/aromatic N) is 2. The third-order valence-electron chi connectivity index (χ3n) is 4.34. The number of benzene rings is 2. The molecular formula is C19H21N5O4S. The molecule has 0 radical (unpaired) electrons. The van der Waals surface area contributed by atoms with Crippen LogP contribution in [-0.4, -0.2) is 32.6 Å². The van der Waals surface area contributed by atoms with Crippen LogP contribution in [0.5, 0.6) is 11.5 Å². The molecule has 0 unspecified atom stereocenters. The number of aromatic nitrogens is 2. The van der Waals surface area contributed by atoms with Crippen molar-refractivity contribution in [2.45, 2.75) is 11.3 Å². The van der Waals surface area contributed by atoms with Gasteiger partial charge < -0.3 is 20.9 Å². The van der Waals surface area contributed by atoms with Crippen LogP contribution in [0.3, 0.4) is 0 Å². The molecule has 0 fully saturated rings. The molecule has 3 aromatic rings. The van der Waals surface area contributed by atoms with Gasteiger partial charge in [0.2, 0.25) is 16.0 Å². The van der Waals surface area contributed by atoms with E-state index in [1.54, 1.807) is 18.3 Å². The molecule has 0 bridgehead atoms. The fourth-order valence-electron chi connectivity index (χ4n) is 2.95. The smallest absolute Gasteiger partial charge is 0.238 e. The predicted molar refractivity (Wildman–Crippen MR) is 110 cm³/mol. The molecule has 0 aliphatic heterocycles. The lowest BCUT2D eigenvalue weighted by molar-refractivity contribution is 0.356. The SMILES string of the molecule is COc1cc(Cc2cnc(N)nc2N)cc(-c2ccc(S(N)(=O)=O)cc2)c1OC. The minimum absolute atomic E-state index is 0.0233. The van der Waals surface area contributed by atoms with Gasteiger partial charge in [-0.2, -0.15) is 4.98 Å². The van der Waals surface area contributed by atoms with E-state index in [2.05, 4.69) is 9.97 Å². The van der Waals surface area contributed by atoms with Crippen molar-refractivity contribution >= 4 is 21.8 Å². The highest BCUT2D eigenvalue weighted by Gasteiger charge is 2.16. The van der Waals surface area contributed by atoms with Crippen molar-refractivity contribution in [1.29, 1.82) is 0 Å². The second kappa shape index (κ2) is 7.94. The first-order valence-corrected chi connectivity index (χ1v) is 10.0. The van der Waals surface area contributed by atoms with Gasteiger partial charge in [0.15, 0.2) is 11.5 Å². The van der Waals surface area contributed by atoms with Gasteiger partial charge in [-0.05, 0) is 35.4 Å². The van der Waals surface area contributed by atoms with Crippen LogP contribution in [0.15, 0.2) is 47.5 Å². The molecule has 3 rings (SSSR count). The van der Waals surface area contributed by atoms with Gasteiger partial charge in [-0.25, -0.2) is 18.5 Å². The van der Waals surface area contributed by atoms with Gasteiger partial charge in [-0.3, -0.25) is 0 Å². The quantitative estimate of drug-likeness (QED) is 0.547. The Morgan fingerprint density at radius 1 is 1.03 bits per heavy atom. The van der Waals surface area contributed by atoms with Gasteiger partial charge in [-0.15, -0.1) is 0 Å². The van der Waals surface area contributed by atoms with Crippen LogP contribution in [0, 0.1) is 0 Å². The van der Waals surface area contributed by atoms with E-state index in [1.165, 1.54) is 26.4 Å². The van der Waals surface area contributed by atoms with Gasteiger partial charge in [0.1, 0.15) is 5.82 Å². The van der Waals surface area contributed by atoms with E-state index in [-0.39, 0.29) is 10.8 Å². The maximum absolute atomic E-state index is 11.5. The average Bonchev–Trinajstić information content (AvgIpc) is 2.68. The molecule has 6 N–H and O–H groups in total. The molecule has 9 nitrogen and oxygen atoms in total. The topological polar surface area (TPSA) is 156 Å². The molecule has 1 aromatic heterocycles. The van der Waals surface area contributed by atoms with Crippen molar-refractivity contribution in [2.75, 3.05) is 25.7 Å². The number of rotatable bonds is 6. The minimum Gasteiger partial charge on any atom is -0.493 e. The molecule has 0 amide bonds. The van der Waals surface area contributed by atoms with Crippen molar-refractivity contribution in [3.63, 3.8) is 0 Å². The molecule has 0 saturated heterocycles. The highest BCUT2D eigenvalue weighted by Crippen LogP contribution is 2.40. The number of hydrogen-bond donors (Lipinski definition) is 3. The molecule has 0 atom stereocenters. The van der Waals surface area contributed by atoms with Crippen molar-refractivity contribution in [1.82, 2.24) is 9.97 Å². The van der Waals surface area contributed by atoms with Crippen LogP contribution in [0.25, 0.3) is 11.1 Å². The number of hydrogen-bond acceptors (Lipinski definition) is 8. The lowest BCUT2D eigenvalue weighted by atomic mass is 9.98. The average molecular weight is 415 g/mol. The molecule has 0 spiro atoms. The van der Waals surface area contributed by atoms with Gasteiger partial charge in [0.05, 0.1) is 19.1 Å². The van der Waals surface area contributed by atoms with Crippen LogP contribution in [0.2, 0.25) is 0 Å². The summed E-state index contributed by atoms with van der Waals surface area (Å²) in [6.07, 6.45) is 2.02. The lowest BCUT2D eigenvalue weighted by Gasteiger charge is -2.16. The van der Waals surface area contributed by atoms with E-state index in [9.17, 15) is 8.42 Å². The van der Waals surface area contributed by atoms with Crippen molar-refractivity contribution in [3.8, 4) is 22.6 Å². The van der Waals surface area contributed by atoms with Crippen molar-refractivity contribution in [2.24, 2.45) is 5.14 Å². The first kappa shape index (κ1) is 20.4. The highest BCUT2D eigenvalue weighted by molar-refractivity contribution is 7.89. The third kappa shape index (κ3) is 4.39. The fraction of sp³-hybridized carbons (Fsp3) is 0.158. The second-order valence-electron chi connectivity index (χ2n) is 6.26. The molecule has 1 heterocycles. The number of primary sulfonamides is 1. The van der Waals surface area contributed by atoms with Gasteiger partial charge in [0, 0.05) is 23.7 Å². The Kier molecular flexibility index (Phi) is 5.57. The summed E-state index contributed by atoms with van der Waals surface area (Å²) in [5, 5.41) is 5.18. The van der Waals surface area contributed by atoms with E-state index in [0.717, 1.165) is 16.7 Å². The molecule has 10 heteroatoms. The van der Waals surface area contributed by atoms with Crippen LogP contribution in [0.1, 0.15) is 11.1 Å². The summed E-state index contributed by atoms with van der Waals surface area (Å²) in [5.74, 6) is 1.44. The summed E-state index contributed by atoms with van der Waals surface area (Å²) in [6, 6.07) is 9.92. The second-order valence-corrected chi connectivity index (χ2v) is 7.83. The van der Waals surface area contributed by atoms with E-state index in [0.29, 0.717) is 29.3 Å². The molecule has 152 valence electrons. The van der Waals surface area contributed by atoms with Crippen molar-refractivity contribution < 1.29 is 17.9 Å². The monoisotopic (exact) mass is 415 g/mol. The first-order chi connectivity index (χ1) is 13.7. The largest absolute Gasteiger partial charge is 0.493 e. The Bertz CT molecular complexity index is 1150. The molecule has 2 aromatic carbocycles. The Hall–Kier alpha value is -3.37. The fourth-order valence-corrected chi connectivity index (χ4v) is 3.47. The number of ether oxygens (including phenoxy) is 2. The lowest BCUT2D eigenvalue weighted by Crippen LogP contribution is -2.11. The van der Waals surface area contributed by atoms with Gasteiger partial charge in [0.25, 0.3) is 0 Å². The molecule has 0 aliphatic carbocycles. The van der Waals surface area contributed by atoms with Crippen LogP contribution < -0.4 is 26.1 Å². The maximum Gasteiger partial charge on any atom is 0.238 e. The number of nitrogen functional groups attached to an aromatic ring is 2. The summed E-state index contributed by atoms with van der Waals surface area (Å²) in [6.45, 7) is 0. The minimum atomic E-state index is -3.78. The van der Waals surface area contributed by atoms with Crippen molar-refractivity contribution in [3.05, 3.63) is 53.7 Å². The summed E-state index contributed by atoms with van der Waals surface area (Å²) < 4.78 is 34.0. The molecule has 0 saturated carbocycles. The third-order valence-corrected chi connectivity index (χ3v) is 5.27.